The number of hydrogen-bond acceptors (Lipinski definition) is 3. The van der Waals surface area contributed by atoms with Crippen LogP contribution in [0.25, 0.3) is 11.2 Å². The topological polar surface area (TPSA) is 63.1 Å². The number of benzene rings is 1. The summed E-state index contributed by atoms with van der Waals surface area (Å²) >= 11 is 0. The van der Waals surface area contributed by atoms with Crippen LogP contribution in [0.15, 0.2) is 36.5 Å². The number of nitrogens with zero attached hydrogens (tertiary/aromatic N) is 4. The van der Waals surface area contributed by atoms with E-state index in [0.717, 1.165) is 68.0 Å². The van der Waals surface area contributed by atoms with Gasteiger partial charge in [0, 0.05) is 37.9 Å². The Morgan fingerprint density at radius 2 is 2.14 bits per heavy atom. The Hall–Kier alpha value is -2.89. The van der Waals surface area contributed by atoms with Crippen LogP contribution in [0.1, 0.15) is 36.7 Å². The molecule has 1 N–H and O–H groups in total. The molecule has 1 aliphatic carbocycles. The number of amides is 2. The average Bonchev–Trinajstić information content (AvgIpc) is 3.45. The molecule has 3 aromatic rings. The number of anilines is 1. The standard InChI is InChI=1S/C23H27N5O/c1-2-28-21(26-20-7-4-11-24-22(20)28)13-16-10-12-27(15-16)23(29)25-19-9-8-17-5-3-6-18(17)14-19/h4,7-9,11,14,16H,2-3,5-6,10,12-13,15H2,1H3,(H,25,29)/t16-/m1/s1. The molecular formula is C23H27N5O. The second-order valence-electron chi connectivity index (χ2n) is 8.19. The van der Waals surface area contributed by atoms with Crippen molar-refractivity contribution in [2.75, 3.05) is 18.4 Å². The molecule has 2 aliphatic rings. The number of likely N-dealkylation sites (tertiary alicyclic amines) is 1. The SMILES string of the molecule is CCn1c(C[C@H]2CCN(C(=O)Nc3ccc4c(c3)CCC4)C2)nc2cccnc21. The Morgan fingerprint density at radius 1 is 1.24 bits per heavy atom. The van der Waals surface area contributed by atoms with Crippen LogP contribution in [-0.2, 0) is 25.8 Å². The Kier molecular flexibility index (Phi) is 4.70. The molecule has 6 nitrogen and oxygen atoms in total. The van der Waals surface area contributed by atoms with Crippen LogP contribution in [0.5, 0.6) is 0 Å². The van der Waals surface area contributed by atoms with Crippen molar-refractivity contribution in [1.82, 2.24) is 19.4 Å². The molecule has 2 amide bonds. The predicted octanol–water partition coefficient (Wildman–Crippen LogP) is 4.04. The lowest BCUT2D eigenvalue weighted by atomic mass is 10.0. The summed E-state index contributed by atoms with van der Waals surface area (Å²) in [6, 6.07) is 10.3. The minimum absolute atomic E-state index is 0.0103. The summed E-state index contributed by atoms with van der Waals surface area (Å²) in [4.78, 5) is 24.0. The van der Waals surface area contributed by atoms with Crippen molar-refractivity contribution in [3.63, 3.8) is 0 Å². The van der Waals surface area contributed by atoms with Gasteiger partial charge in [-0.2, -0.15) is 0 Å². The molecule has 1 fully saturated rings. The number of aryl methyl sites for hydroxylation is 3. The van der Waals surface area contributed by atoms with Crippen molar-refractivity contribution >= 4 is 22.9 Å². The molecule has 5 rings (SSSR count). The average molecular weight is 390 g/mol. The molecular weight excluding hydrogens is 362 g/mol. The van der Waals surface area contributed by atoms with Gasteiger partial charge in [0.1, 0.15) is 11.3 Å². The quantitative estimate of drug-likeness (QED) is 0.733. The molecule has 150 valence electrons. The van der Waals surface area contributed by atoms with Crippen LogP contribution in [0, 0.1) is 5.92 Å². The van der Waals surface area contributed by atoms with Gasteiger partial charge in [-0.25, -0.2) is 14.8 Å². The fraction of sp³-hybridized carbons (Fsp3) is 0.435. The molecule has 29 heavy (non-hydrogen) atoms. The zero-order valence-corrected chi connectivity index (χ0v) is 16.9. The van der Waals surface area contributed by atoms with Crippen molar-refractivity contribution < 1.29 is 4.79 Å². The summed E-state index contributed by atoms with van der Waals surface area (Å²) in [7, 11) is 0. The number of imidazole rings is 1. The monoisotopic (exact) mass is 389 g/mol. The molecule has 0 spiro atoms. The highest BCUT2D eigenvalue weighted by Crippen LogP contribution is 2.26. The van der Waals surface area contributed by atoms with Crippen molar-refractivity contribution in [3.05, 3.63) is 53.5 Å². The van der Waals surface area contributed by atoms with Gasteiger partial charge < -0.3 is 14.8 Å². The van der Waals surface area contributed by atoms with Gasteiger partial charge in [0.05, 0.1) is 0 Å². The smallest absolute Gasteiger partial charge is 0.321 e. The zero-order chi connectivity index (χ0) is 19.8. The van der Waals surface area contributed by atoms with Crippen LogP contribution in [0.3, 0.4) is 0 Å². The van der Waals surface area contributed by atoms with E-state index >= 15 is 0 Å². The summed E-state index contributed by atoms with van der Waals surface area (Å²) in [5.74, 6) is 1.51. The lowest BCUT2D eigenvalue weighted by Gasteiger charge is -2.18. The van der Waals surface area contributed by atoms with Crippen molar-refractivity contribution in [3.8, 4) is 0 Å². The van der Waals surface area contributed by atoms with Gasteiger partial charge in [0.2, 0.25) is 0 Å². The molecule has 1 aliphatic heterocycles. The highest BCUT2D eigenvalue weighted by atomic mass is 16.2. The van der Waals surface area contributed by atoms with Crippen LogP contribution < -0.4 is 5.32 Å². The van der Waals surface area contributed by atoms with Gasteiger partial charge in [-0.05, 0) is 73.9 Å². The number of nitrogens with one attached hydrogen (secondary N) is 1. The summed E-state index contributed by atoms with van der Waals surface area (Å²) < 4.78 is 2.20. The summed E-state index contributed by atoms with van der Waals surface area (Å²) in [5.41, 5.74) is 5.63. The highest BCUT2D eigenvalue weighted by Gasteiger charge is 2.28. The molecule has 0 unspecified atom stereocenters. The minimum Gasteiger partial charge on any atom is -0.324 e. The normalized spacial score (nSPS) is 18.4. The number of pyridine rings is 1. The molecule has 3 heterocycles. The second kappa shape index (κ2) is 7.50. The maximum Gasteiger partial charge on any atom is 0.321 e. The molecule has 2 aromatic heterocycles. The molecule has 0 saturated carbocycles. The highest BCUT2D eigenvalue weighted by molar-refractivity contribution is 5.89. The first-order valence-electron chi connectivity index (χ1n) is 10.7. The Balaban J connectivity index is 1.24. The molecule has 6 heteroatoms. The third-order valence-corrected chi connectivity index (χ3v) is 6.29. The summed E-state index contributed by atoms with van der Waals surface area (Å²) in [6.45, 7) is 4.56. The first-order valence-corrected chi connectivity index (χ1v) is 10.7. The maximum atomic E-state index is 12.8. The third-order valence-electron chi connectivity index (χ3n) is 6.29. The van der Waals surface area contributed by atoms with E-state index in [4.69, 9.17) is 4.98 Å². The van der Waals surface area contributed by atoms with Gasteiger partial charge in [-0.1, -0.05) is 6.07 Å². The zero-order valence-electron chi connectivity index (χ0n) is 16.9. The van der Waals surface area contributed by atoms with Crippen LogP contribution in [-0.4, -0.2) is 38.6 Å². The van der Waals surface area contributed by atoms with Crippen molar-refractivity contribution in [1.29, 1.82) is 0 Å². The Bertz CT molecular complexity index is 1060. The van der Waals surface area contributed by atoms with Crippen LogP contribution in [0.2, 0.25) is 0 Å². The van der Waals surface area contributed by atoms with Gasteiger partial charge in [0.25, 0.3) is 0 Å². The lowest BCUT2D eigenvalue weighted by molar-refractivity contribution is 0.220. The first-order chi connectivity index (χ1) is 14.2. The molecule has 1 aromatic carbocycles. The summed E-state index contributed by atoms with van der Waals surface area (Å²) in [5, 5.41) is 3.10. The number of carbonyl (C=O) groups excluding carboxylic acids is 1. The van der Waals surface area contributed by atoms with E-state index in [1.165, 1.54) is 17.5 Å². The molecule has 0 bridgehead atoms. The molecule has 1 atom stereocenters. The van der Waals surface area contributed by atoms with Crippen LogP contribution in [0.4, 0.5) is 10.5 Å². The van der Waals surface area contributed by atoms with Gasteiger partial charge in [0.15, 0.2) is 5.65 Å². The molecule has 1 saturated heterocycles. The van der Waals surface area contributed by atoms with E-state index in [-0.39, 0.29) is 6.03 Å². The number of aromatic nitrogens is 3. The van der Waals surface area contributed by atoms with Crippen LogP contribution >= 0.6 is 0 Å². The van der Waals surface area contributed by atoms with E-state index in [2.05, 4.69) is 33.9 Å². The van der Waals surface area contributed by atoms with Crippen molar-refractivity contribution in [2.45, 2.75) is 45.6 Å². The first kappa shape index (κ1) is 18.2. The number of hydrogen-bond donors (Lipinski definition) is 1. The Morgan fingerprint density at radius 3 is 3.03 bits per heavy atom. The lowest BCUT2D eigenvalue weighted by Crippen LogP contribution is -2.33. The predicted molar refractivity (Wildman–Crippen MR) is 114 cm³/mol. The van der Waals surface area contributed by atoms with Crippen molar-refractivity contribution in [2.24, 2.45) is 5.92 Å². The van der Waals surface area contributed by atoms with Gasteiger partial charge in [-0.15, -0.1) is 0 Å². The number of urea groups is 1. The third kappa shape index (κ3) is 3.48. The second-order valence-corrected chi connectivity index (χ2v) is 8.19. The maximum absolute atomic E-state index is 12.8. The van der Waals surface area contributed by atoms with E-state index in [1.54, 1.807) is 0 Å². The minimum atomic E-state index is 0.0103. The van der Waals surface area contributed by atoms with E-state index < -0.39 is 0 Å². The number of fused-ring (bicyclic) bond motifs is 2. The fourth-order valence-corrected chi connectivity index (χ4v) is 4.79. The molecule has 0 radical (unpaired) electrons. The summed E-state index contributed by atoms with van der Waals surface area (Å²) in [6.07, 6.45) is 7.22. The number of rotatable bonds is 4. The van der Waals surface area contributed by atoms with E-state index in [1.807, 2.05) is 29.3 Å². The van der Waals surface area contributed by atoms with Gasteiger partial charge >= 0.3 is 6.03 Å². The fourth-order valence-electron chi connectivity index (χ4n) is 4.79. The van der Waals surface area contributed by atoms with E-state index in [0.29, 0.717) is 5.92 Å². The number of carbonyl (C=O) groups is 1. The van der Waals surface area contributed by atoms with Gasteiger partial charge in [-0.3, -0.25) is 0 Å². The Labute approximate surface area is 171 Å². The largest absolute Gasteiger partial charge is 0.324 e. The van der Waals surface area contributed by atoms with E-state index in [9.17, 15) is 4.79 Å².